The van der Waals surface area contributed by atoms with Crippen molar-refractivity contribution in [2.45, 2.75) is 9.65 Å². The fraction of sp³-hybridized carbons (Fsp3) is 0.462. The van der Waals surface area contributed by atoms with Crippen LogP contribution in [0, 0.1) is 0 Å². The number of carbonyl (C=O) groups excluding carboxylic acids is 1. The van der Waals surface area contributed by atoms with E-state index < -0.39 is 4.83 Å². The molecule has 0 saturated heterocycles. The number of hydrogen-bond donors (Lipinski definition) is 0. The van der Waals surface area contributed by atoms with Crippen molar-refractivity contribution in [3.05, 3.63) is 17.7 Å². The van der Waals surface area contributed by atoms with Crippen LogP contribution in [0.15, 0.2) is 12.1 Å². The molecule has 0 aromatic heterocycles. The molecule has 7 heteroatoms. The first-order valence-corrected chi connectivity index (χ1v) is 7.49. The molecule has 0 bridgehead atoms. The minimum Gasteiger partial charge on any atom is -0.493 e. The molecule has 112 valence electrons. The van der Waals surface area contributed by atoms with E-state index in [0.29, 0.717) is 17.2 Å². The standard InChI is InChI=1S/C13H16Br2O5/c1-17-8-5-7(6-9(18-2)12(8)19-3)10(14)11(15)13(16)20-4/h5-6,10-11H,1-4H3. The van der Waals surface area contributed by atoms with Gasteiger partial charge in [0.2, 0.25) is 5.75 Å². The topological polar surface area (TPSA) is 54.0 Å². The number of benzene rings is 1. The van der Waals surface area contributed by atoms with Crippen LogP contribution in [0.4, 0.5) is 0 Å². The summed E-state index contributed by atoms with van der Waals surface area (Å²) < 4.78 is 20.5. The van der Waals surface area contributed by atoms with Crippen LogP contribution < -0.4 is 14.2 Å². The predicted octanol–water partition coefficient (Wildman–Crippen LogP) is 3.08. The summed E-state index contributed by atoms with van der Waals surface area (Å²) in [6, 6.07) is 3.55. The van der Waals surface area contributed by atoms with Gasteiger partial charge in [0.15, 0.2) is 11.5 Å². The minimum atomic E-state index is -0.532. The van der Waals surface area contributed by atoms with Crippen LogP contribution in [0.25, 0.3) is 0 Å². The van der Waals surface area contributed by atoms with Crippen molar-refractivity contribution in [3.8, 4) is 17.2 Å². The van der Waals surface area contributed by atoms with Gasteiger partial charge in [0.25, 0.3) is 0 Å². The number of carbonyl (C=O) groups is 1. The number of rotatable bonds is 6. The van der Waals surface area contributed by atoms with E-state index in [4.69, 9.17) is 18.9 Å². The van der Waals surface area contributed by atoms with Crippen molar-refractivity contribution < 1.29 is 23.7 Å². The minimum absolute atomic E-state index is 0.302. The molecular weight excluding hydrogens is 396 g/mol. The lowest BCUT2D eigenvalue weighted by Gasteiger charge is -2.19. The van der Waals surface area contributed by atoms with E-state index in [2.05, 4.69) is 31.9 Å². The first-order chi connectivity index (χ1) is 9.49. The maximum Gasteiger partial charge on any atom is 0.320 e. The predicted molar refractivity (Wildman–Crippen MR) is 82.5 cm³/mol. The van der Waals surface area contributed by atoms with Crippen molar-refractivity contribution in [1.82, 2.24) is 0 Å². The van der Waals surface area contributed by atoms with Gasteiger partial charge >= 0.3 is 5.97 Å². The molecule has 0 N–H and O–H groups in total. The Bertz CT molecular complexity index is 453. The Hall–Kier alpha value is -0.950. The van der Waals surface area contributed by atoms with Crippen molar-refractivity contribution in [3.63, 3.8) is 0 Å². The van der Waals surface area contributed by atoms with Crippen LogP contribution in [0.5, 0.6) is 17.2 Å². The van der Waals surface area contributed by atoms with Crippen molar-refractivity contribution in [1.29, 1.82) is 0 Å². The average Bonchev–Trinajstić information content (AvgIpc) is 2.50. The summed E-state index contributed by atoms with van der Waals surface area (Å²) in [5.74, 6) is 1.18. The number of methoxy groups -OCH3 is 4. The molecule has 1 aromatic carbocycles. The number of halogens is 2. The number of alkyl halides is 2. The van der Waals surface area contributed by atoms with Crippen LogP contribution in [0.2, 0.25) is 0 Å². The molecule has 0 spiro atoms. The summed E-state index contributed by atoms with van der Waals surface area (Å²) in [6.07, 6.45) is 0. The zero-order valence-corrected chi connectivity index (χ0v) is 14.8. The Balaban J connectivity index is 3.22. The molecule has 20 heavy (non-hydrogen) atoms. The van der Waals surface area contributed by atoms with E-state index >= 15 is 0 Å². The molecule has 0 heterocycles. The monoisotopic (exact) mass is 410 g/mol. The number of hydrogen-bond acceptors (Lipinski definition) is 5. The van der Waals surface area contributed by atoms with E-state index in [1.54, 1.807) is 12.1 Å². The molecule has 0 aliphatic rings. The molecular formula is C13H16Br2O5. The zero-order valence-electron chi connectivity index (χ0n) is 11.6. The summed E-state index contributed by atoms with van der Waals surface area (Å²) in [5.41, 5.74) is 0.798. The van der Waals surface area contributed by atoms with Crippen molar-refractivity contribution in [2.24, 2.45) is 0 Å². The molecule has 0 aliphatic carbocycles. The van der Waals surface area contributed by atoms with Gasteiger partial charge in [-0.05, 0) is 17.7 Å². The Labute approximate surface area is 134 Å². The molecule has 0 fully saturated rings. The third-order valence-corrected chi connectivity index (χ3v) is 5.36. The van der Waals surface area contributed by atoms with E-state index in [0.717, 1.165) is 5.56 Å². The Morgan fingerprint density at radius 3 is 1.85 bits per heavy atom. The van der Waals surface area contributed by atoms with E-state index in [1.807, 2.05) is 0 Å². The Morgan fingerprint density at radius 1 is 1.00 bits per heavy atom. The summed E-state index contributed by atoms with van der Waals surface area (Å²) in [7, 11) is 5.95. The molecule has 0 radical (unpaired) electrons. The quantitative estimate of drug-likeness (QED) is 0.531. The average molecular weight is 412 g/mol. The van der Waals surface area contributed by atoms with Crippen LogP contribution >= 0.6 is 31.9 Å². The highest BCUT2D eigenvalue weighted by atomic mass is 79.9. The lowest BCUT2D eigenvalue weighted by Crippen LogP contribution is -2.20. The molecule has 1 aromatic rings. The highest BCUT2D eigenvalue weighted by molar-refractivity contribution is 9.12. The molecule has 2 unspecified atom stereocenters. The van der Waals surface area contributed by atoms with Gasteiger partial charge in [-0.2, -0.15) is 0 Å². The Morgan fingerprint density at radius 2 is 1.50 bits per heavy atom. The highest BCUT2D eigenvalue weighted by Gasteiger charge is 2.28. The summed E-state index contributed by atoms with van der Waals surface area (Å²) in [6.45, 7) is 0. The highest BCUT2D eigenvalue weighted by Crippen LogP contribution is 2.43. The van der Waals surface area contributed by atoms with E-state index in [-0.39, 0.29) is 10.8 Å². The van der Waals surface area contributed by atoms with Crippen LogP contribution in [0.1, 0.15) is 10.4 Å². The third-order valence-electron chi connectivity index (χ3n) is 2.69. The zero-order chi connectivity index (χ0) is 15.3. The summed E-state index contributed by atoms with van der Waals surface area (Å²) in [5, 5.41) is 0. The van der Waals surface area contributed by atoms with Crippen LogP contribution in [-0.4, -0.2) is 39.2 Å². The molecule has 2 atom stereocenters. The molecule has 1 rings (SSSR count). The van der Waals surface area contributed by atoms with Gasteiger partial charge in [0.1, 0.15) is 4.83 Å². The molecule has 5 nitrogen and oxygen atoms in total. The maximum atomic E-state index is 11.6. The van der Waals surface area contributed by atoms with Crippen molar-refractivity contribution in [2.75, 3.05) is 28.4 Å². The smallest absolute Gasteiger partial charge is 0.320 e. The summed E-state index contributed by atoms with van der Waals surface area (Å²) >= 11 is 6.77. The summed E-state index contributed by atoms with van der Waals surface area (Å²) in [4.78, 5) is 10.7. The van der Waals surface area contributed by atoms with Crippen LogP contribution in [0.3, 0.4) is 0 Å². The van der Waals surface area contributed by atoms with Crippen molar-refractivity contribution >= 4 is 37.8 Å². The first-order valence-electron chi connectivity index (χ1n) is 5.66. The van der Waals surface area contributed by atoms with Gasteiger partial charge in [-0.15, -0.1) is 0 Å². The van der Waals surface area contributed by atoms with Gasteiger partial charge in [0, 0.05) is 0 Å². The van der Waals surface area contributed by atoms with E-state index in [9.17, 15) is 4.79 Å². The van der Waals surface area contributed by atoms with Gasteiger partial charge in [0.05, 0.1) is 33.3 Å². The van der Waals surface area contributed by atoms with Gasteiger partial charge in [-0.25, -0.2) is 0 Å². The SMILES string of the molecule is COC(=O)C(Br)C(Br)c1cc(OC)c(OC)c(OC)c1. The largest absolute Gasteiger partial charge is 0.493 e. The fourth-order valence-corrected chi connectivity index (χ4v) is 2.63. The second-order valence-corrected chi connectivity index (χ2v) is 5.76. The maximum absolute atomic E-state index is 11.6. The number of ether oxygens (including phenoxy) is 4. The van der Waals surface area contributed by atoms with Gasteiger partial charge in [-0.1, -0.05) is 31.9 Å². The van der Waals surface area contributed by atoms with Crippen LogP contribution in [-0.2, 0) is 9.53 Å². The van der Waals surface area contributed by atoms with E-state index in [1.165, 1.54) is 28.4 Å². The second-order valence-electron chi connectivity index (χ2n) is 3.79. The normalized spacial score (nSPS) is 13.3. The molecule has 0 saturated carbocycles. The number of esters is 1. The van der Waals surface area contributed by atoms with Gasteiger partial charge in [-0.3, -0.25) is 4.79 Å². The lowest BCUT2D eigenvalue weighted by molar-refractivity contribution is -0.139. The second kappa shape index (κ2) is 7.73. The Kier molecular flexibility index (Phi) is 6.61. The molecule has 0 aliphatic heterocycles. The molecule has 0 amide bonds. The lowest BCUT2D eigenvalue weighted by atomic mass is 10.1. The van der Waals surface area contributed by atoms with Gasteiger partial charge < -0.3 is 18.9 Å². The third kappa shape index (κ3) is 3.58. The fourth-order valence-electron chi connectivity index (χ4n) is 1.66. The first kappa shape index (κ1) is 17.1.